The number of piperidine rings is 1. The number of halogens is 1. The third-order valence-corrected chi connectivity index (χ3v) is 6.71. The first-order valence-electron chi connectivity index (χ1n) is 8.72. The average molecular weight is 404 g/mol. The number of carbonyl (C=O) groups is 1. The van der Waals surface area contributed by atoms with Gasteiger partial charge in [0.2, 0.25) is 15.9 Å². The standard InChI is InChI=1S/C17H25N3O4S.ClH/c1-24-15-6-5-14(19-17(21)13-7-8-18-12-13)11-16(15)25(22,23)20-9-3-2-4-10-20;/h5-6,11,13,18H,2-4,7-10,12H2,1H3,(H,19,21);1H. The van der Waals surface area contributed by atoms with Crippen LogP contribution in [0, 0.1) is 5.92 Å². The van der Waals surface area contributed by atoms with E-state index in [1.54, 1.807) is 12.1 Å². The zero-order valence-electron chi connectivity index (χ0n) is 14.9. The Morgan fingerprint density at radius 2 is 2.00 bits per heavy atom. The predicted octanol–water partition coefficient (Wildman–Crippen LogP) is 1.84. The lowest BCUT2D eigenvalue weighted by molar-refractivity contribution is -0.119. The molecule has 2 fully saturated rings. The van der Waals surface area contributed by atoms with Crippen LogP contribution in [0.5, 0.6) is 5.75 Å². The maximum atomic E-state index is 13.0. The van der Waals surface area contributed by atoms with E-state index in [-0.39, 0.29) is 29.1 Å². The van der Waals surface area contributed by atoms with E-state index < -0.39 is 10.0 Å². The molecular weight excluding hydrogens is 378 g/mol. The Morgan fingerprint density at radius 3 is 2.62 bits per heavy atom. The van der Waals surface area contributed by atoms with E-state index in [9.17, 15) is 13.2 Å². The molecule has 2 aliphatic heterocycles. The Labute approximate surface area is 160 Å². The minimum Gasteiger partial charge on any atom is -0.495 e. The smallest absolute Gasteiger partial charge is 0.246 e. The van der Waals surface area contributed by atoms with Gasteiger partial charge in [-0.15, -0.1) is 12.4 Å². The van der Waals surface area contributed by atoms with Crippen molar-refractivity contribution < 1.29 is 17.9 Å². The highest BCUT2D eigenvalue weighted by Crippen LogP contribution is 2.31. The summed E-state index contributed by atoms with van der Waals surface area (Å²) in [4.78, 5) is 12.4. The molecule has 2 saturated heterocycles. The van der Waals surface area contributed by atoms with Crippen molar-refractivity contribution in [3.05, 3.63) is 18.2 Å². The Bertz CT molecular complexity index is 730. The number of nitrogens with one attached hydrogen (secondary N) is 2. The van der Waals surface area contributed by atoms with Gasteiger partial charge in [-0.1, -0.05) is 6.42 Å². The van der Waals surface area contributed by atoms with E-state index in [1.165, 1.54) is 17.5 Å². The van der Waals surface area contributed by atoms with Gasteiger partial charge in [0.05, 0.1) is 13.0 Å². The number of anilines is 1. The first kappa shape index (κ1) is 21.0. The molecule has 0 aromatic heterocycles. The summed E-state index contributed by atoms with van der Waals surface area (Å²) >= 11 is 0. The second kappa shape index (κ2) is 9.03. The first-order valence-corrected chi connectivity index (χ1v) is 10.2. The molecule has 0 saturated carbocycles. The summed E-state index contributed by atoms with van der Waals surface area (Å²) in [7, 11) is -2.19. The first-order chi connectivity index (χ1) is 12.0. The van der Waals surface area contributed by atoms with Gasteiger partial charge < -0.3 is 15.4 Å². The third-order valence-electron chi connectivity index (χ3n) is 4.80. The number of rotatable bonds is 5. The van der Waals surface area contributed by atoms with Crippen molar-refractivity contribution in [3.8, 4) is 5.75 Å². The molecule has 7 nitrogen and oxygen atoms in total. The summed E-state index contributed by atoms with van der Waals surface area (Å²) < 4.78 is 32.7. The summed E-state index contributed by atoms with van der Waals surface area (Å²) in [5.74, 6) is 0.131. The molecule has 0 aliphatic carbocycles. The van der Waals surface area contributed by atoms with Crippen molar-refractivity contribution in [1.29, 1.82) is 0 Å². The fourth-order valence-electron chi connectivity index (χ4n) is 3.32. The topological polar surface area (TPSA) is 87.7 Å². The number of carbonyl (C=O) groups excluding carboxylic acids is 1. The number of benzene rings is 1. The second-order valence-electron chi connectivity index (χ2n) is 6.51. The van der Waals surface area contributed by atoms with Crippen LogP contribution in [-0.2, 0) is 14.8 Å². The van der Waals surface area contributed by atoms with Crippen LogP contribution < -0.4 is 15.4 Å². The van der Waals surface area contributed by atoms with Crippen molar-refractivity contribution in [2.24, 2.45) is 5.92 Å². The molecular formula is C17H26ClN3O4S. The summed E-state index contributed by atoms with van der Waals surface area (Å²) in [6.45, 7) is 2.53. The fraction of sp³-hybridized carbons (Fsp3) is 0.588. The minimum absolute atomic E-state index is 0. The number of sulfonamides is 1. The van der Waals surface area contributed by atoms with Crippen LogP contribution >= 0.6 is 12.4 Å². The molecule has 2 aliphatic rings. The third kappa shape index (κ3) is 4.49. The van der Waals surface area contributed by atoms with E-state index in [0.29, 0.717) is 31.1 Å². The number of hydrogen-bond donors (Lipinski definition) is 2. The van der Waals surface area contributed by atoms with Gasteiger partial charge in [-0.05, 0) is 44.0 Å². The monoisotopic (exact) mass is 403 g/mol. The van der Waals surface area contributed by atoms with Crippen molar-refractivity contribution in [1.82, 2.24) is 9.62 Å². The molecule has 1 unspecified atom stereocenters. The van der Waals surface area contributed by atoms with Crippen LogP contribution in [-0.4, -0.2) is 51.9 Å². The van der Waals surface area contributed by atoms with Gasteiger partial charge in [-0.2, -0.15) is 4.31 Å². The van der Waals surface area contributed by atoms with Gasteiger partial charge in [0.15, 0.2) is 0 Å². The molecule has 1 amide bonds. The largest absolute Gasteiger partial charge is 0.495 e. The van der Waals surface area contributed by atoms with Crippen molar-refractivity contribution in [2.75, 3.05) is 38.6 Å². The molecule has 26 heavy (non-hydrogen) atoms. The van der Waals surface area contributed by atoms with Crippen LogP contribution in [0.15, 0.2) is 23.1 Å². The van der Waals surface area contributed by atoms with E-state index in [1.807, 2.05) is 0 Å². The summed E-state index contributed by atoms with van der Waals surface area (Å²) in [5, 5.41) is 5.99. The van der Waals surface area contributed by atoms with Crippen LogP contribution in [0.1, 0.15) is 25.7 Å². The molecule has 0 spiro atoms. The van der Waals surface area contributed by atoms with Crippen LogP contribution in [0.2, 0.25) is 0 Å². The van der Waals surface area contributed by atoms with Crippen molar-refractivity contribution in [2.45, 2.75) is 30.6 Å². The number of methoxy groups -OCH3 is 1. The second-order valence-corrected chi connectivity index (χ2v) is 8.42. The van der Waals surface area contributed by atoms with E-state index in [0.717, 1.165) is 32.2 Å². The molecule has 3 rings (SSSR count). The van der Waals surface area contributed by atoms with Gasteiger partial charge in [0.1, 0.15) is 10.6 Å². The van der Waals surface area contributed by atoms with Crippen molar-refractivity contribution in [3.63, 3.8) is 0 Å². The van der Waals surface area contributed by atoms with E-state index in [2.05, 4.69) is 10.6 Å². The Kier molecular flexibility index (Phi) is 7.28. The normalized spacial score (nSPS) is 21.0. The number of ether oxygens (including phenoxy) is 1. The molecule has 146 valence electrons. The Morgan fingerprint density at radius 1 is 1.27 bits per heavy atom. The van der Waals surface area contributed by atoms with Gasteiger partial charge >= 0.3 is 0 Å². The van der Waals surface area contributed by atoms with Crippen LogP contribution in [0.25, 0.3) is 0 Å². The highest BCUT2D eigenvalue weighted by Gasteiger charge is 2.30. The molecule has 1 aromatic carbocycles. The van der Waals surface area contributed by atoms with E-state index >= 15 is 0 Å². The molecule has 0 bridgehead atoms. The number of hydrogen-bond acceptors (Lipinski definition) is 5. The molecule has 2 N–H and O–H groups in total. The number of amides is 1. The molecule has 1 atom stereocenters. The summed E-state index contributed by atoms with van der Waals surface area (Å²) in [6, 6.07) is 4.77. The SMILES string of the molecule is COc1ccc(NC(=O)C2CCNC2)cc1S(=O)(=O)N1CCCCC1.Cl. The van der Waals surface area contributed by atoms with Crippen molar-refractivity contribution >= 4 is 34.0 Å². The van der Waals surface area contributed by atoms with Gasteiger partial charge in [0, 0.05) is 25.3 Å². The van der Waals surface area contributed by atoms with E-state index in [4.69, 9.17) is 4.74 Å². The molecule has 1 aromatic rings. The lowest BCUT2D eigenvalue weighted by Crippen LogP contribution is -2.35. The number of nitrogens with zero attached hydrogens (tertiary/aromatic N) is 1. The lowest BCUT2D eigenvalue weighted by atomic mass is 10.1. The lowest BCUT2D eigenvalue weighted by Gasteiger charge is -2.26. The zero-order valence-corrected chi connectivity index (χ0v) is 16.5. The molecule has 0 radical (unpaired) electrons. The zero-order chi connectivity index (χ0) is 17.9. The Balaban J connectivity index is 0.00000243. The highest BCUT2D eigenvalue weighted by molar-refractivity contribution is 7.89. The highest BCUT2D eigenvalue weighted by atomic mass is 35.5. The van der Waals surface area contributed by atoms with Gasteiger partial charge in [0.25, 0.3) is 0 Å². The fourth-order valence-corrected chi connectivity index (χ4v) is 5.02. The van der Waals surface area contributed by atoms with Gasteiger partial charge in [-0.25, -0.2) is 8.42 Å². The predicted molar refractivity (Wildman–Crippen MR) is 102 cm³/mol. The molecule has 9 heteroatoms. The summed E-state index contributed by atoms with van der Waals surface area (Å²) in [5.41, 5.74) is 0.480. The molecule has 2 heterocycles. The average Bonchev–Trinajstić information content (AvgIpc) is 3.17. The quantitative estimate of drug-likeness (QED) is 0.783. The van der Waals surface area contributed by atoms with Gasteiger partial charge in [-0.3, -0.25) is 4.79 Å². The minimum atomic E-state index is -3.64. The maximum Gasteiger partial charge on any atom is 0.246 e. The van der Waals surface area contributed by atoms with Crippen LogP contribution in [0.3, 0.4) is 0 Å². The van der Waals surface area contributed by atoms with Crippen LogP contribution in [0.4, 0.5) is 5.69 Å². The maximum absolute atomic E-state index is 13.0. The summed E-state index contributed by atoms with van der Waals surface area (Å²) in [6.07, 6.45) is 3.58. The Hall–Kier alpha value is -1.35.